The highest BCUT2D eigenvalue weighted by atomic mass is 35.5. The predicted molar refractivity (Wildman–Crippen MR) is 60.1 cm³/mol. The quantitative estimate of drug-likeness (QED) is 0.680. The maximum Gasteiger partial charge on any atom is 0.223 e. The van der Waals surface area contributed by atoms with Gasteiger partial charge >= 0.3 is 0 Å². The van der Waals surface area contributed by atoms with Gasteiger partial charge in [-0.15, -0.1) is 12.4 Å². The van der Waals surface area contributed by atoms with Gasteiger partial charge in [0.2, 0.25) is 5.91 Å². The fourth-order valence-corrected chi connectivity index (χ4v) is 2.54. The standard InChI is InChI=1S/C10H18N2O2.ClH/c1-11-10(13)7-3-5-14-9-2-4-12-6-8(7)9;/h7-9,12H,2-6H2,1H3,(H,11,13);1H/t7-,8+,9-;/m1./s1. The minimum atomic E-state index is 0. The fraction of sp³-hybridized carbons (Fsp3) is 0.900. The van der Waals surface area contributed by atoms with Crippen LogP contribution in [-0.4, -0.2) is 38.8 Å². The van der Waals surface area contributed by atoms with E-state index >= 15 is 0 Å². The van der Waals surface area contributed by atoms with Crippen molar-refractivity contribution >= 4 is 18.3 Å². The molecule has 0 bridgehead atoms. The molecule has 2 N–H and O–H groups in total. The van der Waals surface area contributed by atoms with Gasteiger partial charge in [0.1, 0.15) is 0 Å². The van der Waals surface area contributed by atoms with E-state index in [1.165, 1.54) is 0 Å². The zero-order valence-corrected chi connectivity index (χ0v) is 9.81. The minimum Gasteiger partial charge on any atom is -0.378 e. The Morgan fingerprint density at radius 1 is 1.47 bits per heavy atom. The molecule has 2 fully saturated rings. The first kappa shape index (κ1) is 12.7. The molecule has 0 aromatic rings. The summed E-state index contributed by atoms with van der Waals surface area (Å²) in [5.41, 5.74) is 0. The summed E-state index contributed by atoms with van der Waals surface area (Å²) in [6.07, 6.45) is 2.20. The van der Waals surface area contributed by atoms with Gasteiger partial charge in [0.05, 0.1) is 6.10 Å². The van der Waals surface area contributed by atoms with Crippen LogP contribution in [0.5, 0.6) is 0 Å². The van der Waals surface area contributed by atoms with E-state index in [1.54, 1.807) is 7.05 Å². The summed E-state index contributed by atoms with van der Waals surface area (Å²) in [6.45, 7) is 2.67. The van der Waals surface area contributed by atoms with Crippen molar-refractivity contribution in [1.82, 2.24) is 10.6 Å². The van der Waals surface area contributed by atoms with Crippen LogP contribution < -0.4 is 10.6 Å². The second kappa shape index (κ2) is 5.68. The molecule has 0 aromatic heterocycles. The van der Waals surface area contributed by atoms with Gasteiger partial charge in [0.25, 0.3) is 0 Å². The van der Waals surface area contributed by atoms with Gasteiger partial charge in [0.15, 0.2) is 0 Å². The highest BCUT2D eigenvalue weighted by Gasteiger charge is 2.38. The fourth-order valence-electron chi connectivity index (χ4n) is 2.54. The topological polar surface area (TPSA) is 50.4 Å². The molecule has 1 amide bonds. The molecule has 0 saturated carbocycles. The number of fused-ring (bicyclic) bond motifs is 1. The average Bonchev–Trinajstić information content (AvgIpc) is 2.27. The number of rotatable bonds is 1. The number of ether oxygens (including phenoxy) is 1. The Hall–Kier alpha value is -0.320. The van der Waals surface area contributed by atoms with E-state index in [-0.39, 0.29) is 24.2 Å². The first-order valence-electron chi connectivity index (χ1n) is 5.37. The summed E-state index contributed by atoms with van der Waals surface area (Å²) < 4.78 is 5.69. The normalized spacial score (nSPS) is 34.9. The van der Waals surface area contributed by atoms with E-state index in [4.69, 9.17) is 4.74 Å². The van der Waals surface area contributed by atoms with Gasteiger partial charge in [-0.2, -0.15) is 0 Å². The van der Waals surface area contributed by atoms with E-state index in [9.17, 15) is 4.79 Å². The minimum absolute atomic E-state index is 0. The monoisotopic (exact) mass is 234 g/mol. The van der Waals surface area contributed by atoms with E-state index in [2.05, 4.69) is 10.6 Å². The van der Waals surface area contributed by atoms with Gasteiger partial charge in [0, 0.05) is 32.0 Å². The molecular formula is C10H19ClN2O2. The lowest BCUT2D eigenvalue weighted by molar-refractivity contribution is -0.137. The second-order valence-corrected chi connectivity index (χ2v) is 4.08. The molecule has 2 aliphatic heterocycles. The summed E-state index contributed by atoms with van der Waals surface area (Å²) in [7, 11) is 1.71. The second-order valence-electron chi connectivity index (χ2n) is 4.08. The summed E-state index contributed by atoms with van der Waals surface area (Å²) in [6, 6.07) is 0. The molecule has 0 spiro atoms. The van der Waals surface area contributed by atoms with Crippen LogP contribution in [0.3, 0.4) is 0 Å². The first-order chi connectivity index (χ1) is 6.83. The molecule has 2 rings (SSSR count). The van der Waals surface area contributed by atoms with Crippen molar-refractivity contribution in [3.8, 4) is 0 Å². The van der Waals surface area contributed by atoms with Gasteiger partial charge < -0.3 is 15.4 Å². The van der Waals surface area contributed by atoms with Crippen molar-refractivity contribution < 1.29 is 9.53 Å². The molecular weight excluding hydrogens is 216 g/mol. The highest BCUT2D eigenvalue weighted by Crippen LogP contribution is 2.30. The number of amides is 1. The van der Waals surface area contributed by atoms with Crippen molar-refractivity contribution in [2.45, 2.75) is 18.9 Å². The zero-order chi connectivity index (χ0) is 9.97. The van der Waals surface area contributed by atoms with E-state index in [1.807, 2.05) is 0 Å². The Morgan fingerprint density at radius 2 is 2.27 bits per heavy atom. The van der Waals surface area contributed by atoms with Gasteiger partial charge in [-0.3, -0.25) is 4.79 Å². The Morgan fingerprint density at radius 3 is 3.00 bits per heavy atom. The average molecular weight is 235 g/mol. The number of carbonyl (C=O) groups is 1. The molecule has 88 valence electrons. The molecule has 0 aromatic carbocycles. The van der Waals surface area contributed by atoms with Crippen LogP contribution in [0.4, 0.5) is 0 Å². The Kier molecular flexibility index (Phi) is 4.83. The lowest BCUT2D eigenvalue weighted by atomic mass is 9.79. The number of halogens is 1. The number of hydrogen-bond acceptors (Lipinski definition) is 3. The third-order valence-electron chi connectivity index (χ3n) is 3.32. The van der Waals surface area contributed by atoms with Crippen LogP contribution in [0.1, 0.15) is 12.8 Å². The molecule has 3 atom stereocenters. The van der Waals surface area contributed by atoms with E-state index < -0.39 is 0 Å². The van der Waals surface area contributed by atoms with Gasteiger partial charge in [-0.25, -0.2) is 0 Å². The van der Waals surface area contributed by atoms with Gasteiger partial charge in [-0.05, 0) is 19.4 Å². The Labute approximate surface area is 96.5 Å². The molecule has 5 heteroatoms. The van der Waals surface area contributed by atoms with Crippen LogP contribution >= 0.6 is 12.4 Å². The summed E-state index contributed by atoms with van der Waals surface area (Å²) >= 11 is 0. The van der Waals surface area contributed by atoms with Crippen LogP contribution in [0, 0.1) is 11.8 Å². The van der Waals surface area contributed by atoms with E-state index in [0.29, 0.717) is 12.0 Å². The molecule has 0 aliphatic carbocycles. The van der Waals surface area contributed by atoms with Crippen molar-refractivity contribution in [1.29, 1.82) is 0 Å². The lowest BCUT2D eigenvalue weighted by Gasteiger charge is -2.40. The SMILES string of the molecule is CNC(=O)[C@@H]1CCO[C@@H]2CCNC[C@H]21.Cl. The number of piperidine rings is 1. The Bertz CT molecular complexity index is 223. The number of nitrogens with one attached hydrogen (secondary N) is 2. The first-order valence-corrected chi connectivity index (χ1v) is 5.37. The summed E-state index contributed by atoms with van der Waals surface area (Å²) in [4.78, 5) is 11.6. The largest absolute Gasteiger partial charge is 0.378 e. The maximum atomic E-state index is 11.6. The number of carbonyl (C=O) groups excluding carboxylic acids is 1. The summed E-state index contributed by atoms with van der Waals surface area (Å²) in [5, 5.41) is 6.08. The van der Waals surface area contributed by atoms with Crippen molar-refractivity contribution in [3.63, 3.8) is 0 Å². The van der Waals surface area contributed by atoms with Crippen LogP contribution in [-0.2, 0) is 9.53 Å². The molecule has 4 nitrogen and oxygen atoms in total. The lowest BCUT2D eigenvalue weighted by Crippen LogP contribution is -2.51. The van der Waals surface area contributed by atoms with Crippen molar-refractivity contribution in [2.75, 3.05) is 26.7 Å². The van der Waals surface area contributed by atoms with Crippen molar-refractivity contribution in [2.24, 2.45) is 11.8 Å². The molecule has 2 saturated heterocycles. The van der Waals surface area contributed by atoms with Gasteiger partial charge in [-0.1, -0.05) is 0 Å². The molecule has 2 heterocycles. The summed E-state index contributed by atoms with van der Waals surface area (Å²) in [5.74, 6) is 0.691. The molecule has 2 aliphatic rings. The van der Waals surface area contributed by atoms with Crippen LogP contribution in [0.2, 0.25) is 0 Å². The maximum absolute atomic E-state index is 11.6. The zero-order valence-electron chi connectivity index (χ0n) is 8.99. The van der Waals surface area contributed by atoms with Crippen LogP contribution in [0.15, 0.2) is 0 Å². The van der Waals surface area contributed by atoms with E-state index in [0.717, 1.165) is 32.5 Å². The predicted octanol–water partition coefficient (Wildman–Crippen LogP) is 0.169. The molecule has 15 heavy (non-hydrogen) atoms. The number of hydrogen-bond donors (Lipinski definition) is 2. The van der Waals surface area contributed by atoms with Crippen molar-refractivity contribution in [3.05, 3.63) is 0 Å². The third kappa shape index (κ3) is 2.62. The van der Waals surface area contributed by atoms with Crippen LogP contribution in [0.25, 0.3) is 0 Å². The Balaban J connectivity index is 0.00000112. The molecule has 0 unspecified atom stereocenters. The smallest absolute Gasteiger partial charge is 0.223 e. The molecule has 0 radical (unpaired) electrons. The highest BCUT2D eigenvalue weighted by molar-refractivity contribution is 5.85. The third-order valence-corrected chi connectivity index (χ3v) is 3.32.